The first-order valence-corrected chi connectivity index (χ1v) is 16.3. The lowest BCUT2D eigenvalue weighted by Crippen LogP contribution is -2.61. The van der Waals surface area contributed by atoms with E-state index in [1.165, 1.54) is 23.5 Å². The largest absolute Gasteiger partial charge is 0.337 e. The molecule has 6 rings (SSSR count). The highest BCUT2D eigenvalue weighted by molar-refractivity contribution is 7.16. The molecule has 2 saturated heterocycles. The number of imidazole rings is 1. The summed E-state index contributed by atoms with van der Waals surface area (Å²) in [5.41, 5.74) is 4.72. The molecule has 0 unspecified atom stereocenters. The van der Waals surface area contributed by atoms with Crippen LogP contribution >= 0.6 is 11.3 Å². The number of pyridine rings is 1. The maximum Gasteiger partial charge on any atom is 0.317 e. The van der Waals surface area contributed by atoms with Gasteiger partial charge in [0, 0.05) is 64.3 Å². The van der Waals surface area contributed by atoms with Crippen LogP contribution < -0.4 is 15.5 Å². The average molecular weight is 654 g/mol. The molecule has 0 saturated carbocycles. The SMILES string of the molecule is C=NC(=N/C=C(\C)c1ccc2nc(CC)c(N(C)c3nc(-c4ccc(F)cc4)c(C#N)s3)n2c1)N1CCN(C(=O)NC2CNC2)CC1. The Morgan fingerprint density at radius 2 is 1.91 bits per heavy atom. The normalized spacial score (nSPS) is 15.8. The molecule has 14 heteroatoms. The predicted molar refractivity (Wildman–Crippen MR) is 184 cm³/mol. The standard InChI is InChI=1S/C33H36FN11OS/c1-5-26-30(42(4)33-41-29(27(16-35)47-33)22-6-9-24(34)10-7-22)45-20-23(8-11-28(45)40-26)21(2)17-38-31(36-3)43-12-14-44(15-13-43)32(46)39-25-18-37-19-25/h6-11,17,20,25,37H,3,5,12-15,18-19H2,1-2,4H3,(H,39,46)/b21-17+,38-31?. The number of carbonyl (C=O) groups is 1. The van der Waals surface area contributed by atoms with E-state index in [0.717, 1.165) is 41.4 Å². The zero-order valence-corrected chi connectivity index (χ0v) is 27.4. The second kappa shape index (κ2) is 13.7. The number of amides is 2. The first-order chi connectivity index (χ1) is 22.8. The van der Waals surface area contributed by atoms with Gasteiger partial charge in [-0.2, -0.15) is 5.26 Å². The summed E-state index contributed by atoms with van der Waals surface area (Å²) < 4.78 is 15.6. The second-order valence-electron chi connectivity index (χ2n) is 11.4. The van der Waals surface area contributed by atoms with Crippen LogP contribution in [0.2, 0.25) is 0 Å². The Balaban J connectivity index is 1.23. The molecule has 0 radical (unpaired) electrons. The van der Waals surface area contributed by atoms with Gasteiger partial charge in [0.05, 0.1) is 11.7 Å². The van der Waals surface area contributed by atoms with E-state index in [1.807, 2.05) is 58.3 Å². The fourth-order valence-corrected chi connectivity index (χ4v) is 6.40. The smallest absolute Gasteiger partial charge is 0.317 e. The topological polar surface area (TPSA) is 130 Å². The van der Waals surface area contributed by atoms with Gasteiger partial charge in [0.25, 0.3) is 0 Å². The minimum Gasteiger partial charge on any atom is -0.337 e. The van der Waals surface area contributed by atoms with E-state index in [0.29, 0.717) is 59.8 Å². The van der Waals surface area contributed by atoms with E-state index >= 15 is 0 Å². The van der Waals surface area contributed by atoms with Gasteiger partial charge in [-0.3, -0.25) is 4.40 Å². The van der Waals surface area contributed by atoms with Crippen molar-refractivity contribution in [1.82, 2.24) is 34.8 Å². The molecule has 12 nitrogen and oxygen atoms in total. The molecule has 0 spiro atoms. The van der Waals surface area contributed by atoms with Crippen LogP contribution in [0.4, 0.5) is 20.1 Å². The monoisotopic (exact) mass is 653 g/mol. The summed E-state index contributed by atoms with van der Waals surface area (Å²) in [6.45, 7) is 11.8. The number of rotatable bonds is 7. The van der Waals surface area contributed by atoms with Crippen molar-refractivity contribution in [3.63, 3.8) is 0 Å². The number of allylic oxidation sites excluding steroid dienone is 1. The number of hydrogen-bond donors (Lipinski definition) is 2. The van der Waals surface area contributed by atoms with Crippen LogP contribution in [-0.2, 0) is 6.42 Å². The van der Waals surface area contributed by atoms with Crippen LogP contribution in [0.25, 0.3) is 22.5 Å². The molecule has 2 aliphatic heterocycles. The zero-order valence-electron chi connectivity index (χ0n) is 26.6. The number of thiazole rings is 1. The van der Waals surface area contributed by atoms with Crippen molar-refractivity contribution in [3.05, 3.63) is 70.7 Å². The van der Waals surface area contributed by atoms with E-state index in [-0.39, 0.29) is 17.9 Å². The maximum absolute atomic E-state index is 13.6. The molecule has 2 N–H and O–H groups in total. The Labute approximate surface area is 276 Å². The summed E-state index contributed by atoms with van der Waals surface area (Å²) in [7, 11) is 1.91. The van der Waals surface area contributed by atoms with Gasteiger partial charge >= 0.3 is 6.03 Å². The third-order valence-corrected chi connectivity index (χ3v) is 9.40. The molecule has 3 aromatic heterocycles. The van der Waals surface area contributed by atoms with E-state index < -0.39 is 0 Å². The van der Waals surface area contributed by atoms with Gasteiger partial charge < -0.3 is 25.3 Å². The second-order valence-corrected chi connectivity index (χ2v) is 12.4. The number of fused-ring (bicyclic) bond motifs is 1. The number of benzene rings is 1. The fourth-order valence-electron chi connectivity index (χ4n) is 5.55. The number of anilines is 2. The van der Waals surface area contributed by atoms with E-state index in [2.05, 4.69) is 33.4 Å². The van der Waals surface area contributed by atoms with Crippen LogP contribution in [0.1, 0.15) is 30.0 Å². The van der Waals surface area contributed by atoms with Gasteiger partial charge in [0.15, 0.2) is 5.13 Å². The van der Waals surface area contributed by atoms with Crippen molar-refractivity contribution >= 4 is 52.2 Å². The number of nitriles is 1. The number of aryl methyl sites for hydroxylation is 1. The van der Waals surface area contributed by atoms with E-state index in [1.54, 1.807) is 18.3 Å². The predicted octanol–water partition coefficient (Wildman–Crippen LogP) is 4.52. The quantitative estimate of drug-likeness (QED) is 0.222. The number of piperazine rings is 1. The number of aromatic nitrogens is 3. The van der Waals surface area contributed by atoms with Crippen LogP contribution in [0.3, 0.4) is 0 Å². The molecular formula is C33H36FN11OS. The third-order valence-electron chi connectivity index (χ3n) is 8.37. The molecule has 1 aromatic carbocycles. The highest BCUT2D eigenvalue weighted by Crippen LogP contribution is 2.37. The molecule has 242 valence electrons. The Morgan fingerprint density at radius 1 is 1.19 bits per heavy atom. The number of urea groups is 1. The van der Waals surface area contributed by atoms with E-state index in [9.17, 15) is 14.4 Å². The van der Waals surface area contributed by atoms with Gasteiger partial charge in [-0.15, -0.1) is 0 Å². The Bertz CT molecular complexity index is 1890. The maximum atomic E-state index is 13.6. The molecule has 5 heterocycles. The molecule has 2 fully saturated rings. The summed E-state index contributed by atoms with van der Waals surface area (Å²) in [6.07, 6.45) is 4.49. The van der Waals surface area contributed by atoms with Gasteiger partial charge in [0.2, 0.25) is 5.96 Å². The fraction of sp³-hybridized carbons (Fsp3) is 0.333. The van der Waals surface area contributed by atoms with Crippen LogP contribution in [-0.4, -0.2) is 95.2 Å². The van der Waals surface area contributed by atoms with Crippen molar-refractivity contribution in [2.75, 3.05) is 51.2 Å². The Morgan fingerprint density at radius 3 is 2.55 bits per heavy atom. The van der Waals surface area contributed by atoms with Crippen molar-refractivity contribution < 1.29 is 9.18 Å². The lowest BCUT2D eigenvalue weighted by atomic mass is 10.1. The summed E-state index contributed by atoms with van der Waals surface area (Å²) in [4.78, 5) is 37.3. The summed E-state index contributed by atoms with van der Waals surface area (Å²) >= 11 is 1.28. The number of nitrogens with one attached hydrogen (secondary N) is 2. The lowest BCUT2D eigenvalue weighted by Gasteiger charge is -2.37. The summed E-state index contributed by atoms with van der Waals surface area (Å²) in [5.74, 6) is 1.01. The molecule has 4 aromatic rings. The Hall–Kier alpha value is -5.13. The Kier molecular flexibility index (Phi) is 9.28. The molecule has 2 amide bonds. The van der Waals surface area contributed by atoms with Crippen molar-refractivity contribution in [2.24, 2.45) is 9.98 Å². The number of carbonyl (C=O) groups excluding carboxylic acids is 1. The first kappa shape index (κ1) is 31.8. The minimum atomic E-state index is -0.345. The number of halogens is 1. The van der Waals surface area contributed by atoms with Gasteiger partial charge in [-0.05, 0) is 67.6 Å². The highest BCUT2D eigenvalue weighted by atomic mass is 32.1. The van der Waals surface area contributed by atoms with Crippen LogP contribution in [0.5, 0.6) is 0 Å². The molecule has 0 bridgehead atoms. The molecule has 2 aliphatic rings. The molecule has 0 aliphatic carbocycles. The molecular weight excluding hydrogens is 618 g/mol. The third kappa shape index (κ3) is 6.58. The molecule has 47 heavy (non-hydrogen) atoms. The average Bonchev–Trinajstić information content (AvgIpc) is 3.68. The number of nitrogens with zero attached hydrogens (tertiary/aromatic N) is 9. The lowest BCUT2D eigenvalue weighted by molar-refractivity contribution is 0.162. The van der Waals surface area contributed by atoms with Crippen LogP contribution in [0, 0.1) is 17.1 Å². The highest BCUT2D eigenvalue weighted by Gasteiger charge is 2.26. The summed E-state index contributed by atoms with van der Waals surface area (Å²) in [6, 6.07) is 12.4. The molecule has 0 atom stereocenters. The van der Waals surface area contributed by atoms with Crippen molar-refractivity contribution in [1.29, 1.82) is 5.26 Å². The van der Waals surface area contributed by atoms with Gasteiger partial charge in [-0.1, -0.05) is 18.3 Å². The van der Waals surface area contributed by atoms with Crippen LogP contribution in [0.15, 0.2) is 58.8 Å². The van der Waals surface area contributed by atoms with Crippen molar-refractivity contribution in [3.8, 4) is 17.3 Å². The summed E-state index contributed by atoms with van der Waals surface area (Å²) in [5, 5.41) is 16.7. The minimum absolute atomic E-state index is 0.0308. The van der Waals surface area contributed by atoms with Crippen molar-refractivity contribution in [2.45, 2.75) is 26.3 Å². The van der Waals surface area contributed by atoms with Gasteiger partial charge in [0.1, 0.15) is 33.9 Å². The number of aliphatic imine (C=N–C) groups is 2. The van der Waals surface area contributed by atoms with Gasteiger partial charge in [-0.25, -0.2) is 29.1 Å². The number of hydrogen-bond acceptors (Lipinski definition) is 8. The number of guanidine groups is 1. The first-order valence-electron chi connectivity index (χ1n) is 15.4. The van der Waals surface area contributed by atoms with E-state index in [4.69, 9.17) is 9.97 Å². The zero-order chi connectivity index (χ0) is 33.1.